The van der Waals surface area contributed by atoms with Gasteiger partial charge in [-0.1, -0.05) is 13.3 Å². The van der Waals surface area contributed by atoms with Gasteiger partial charge in [-0.2, -0.15) is 0 Å². The molecule has 2 aliphatic rings. The van der Waals surface area contributed by atoms with Gasteiger partial charge in [-0.15, -0.1) is 0 Å². The number of hydrogen-bond acceptors (Lipinski definition) is 6. The van der Waals surface area contributed by atoms with E-state index in [1.54, 1.807) is 29.3 Å². The minimum Gasteiger partial charge on any atom is -0.490 e. The Balaban J connectivity index is 1.74. The van der Waals surface area contributed by atoms with Crippen molar-refractivity contribution in [3.05, 3.63) is 30.0 Å². The van der Waals surface area contributed by atoms with Gasteiger partial charge in [-0.3, -0.25) is 9.59 Å². The molecule has 0 unspecified atom stereocenters. The fraction of sp³-hybridized carbons (Fsp3) is 0.450. The zero-order valence-electron chi connectivity index (χ0n) is 15.7. The van der Waals surface area contributed by atoms with Gasteiger partial charge < -0.3 is 24.8 Å². The quantitative estimate of drug-likeness (QED) is 0.844. The van der Waals surface area contributed by atoms with Gasteiger partial charge in [0.1, 0.15) is 25.7 Å². The Hall–Kier alpha value is -2.87. The van der Waals surface area contributed by atoms with Crippen LogP contribution in [0.1, 0.15) is 30.1 Å². The number of nitrogens with zero attached hydrogens (tertiary/aromatic N) is 2. The van der Waals surface area contributed by atoms with Gasteiger partial charge in [0.05, 0.1) is 18.2 Å². The number of ether oxygens (including phenoxy) is 3. The Morgan fingerprint density at radius 1 is 1.32 bits per heavy atom. The normalized spacial score (nSPS) is 22.6. The summed E-state index contributed by atoms with van der Waals surface area (Å²) >= 11 is 0. The maximum absolute atomic E-state index is 12.4. The van der Waals surface area contributed by atoms with Gasteiger partial charge in [-0.05, 0) is 29.5 Å². The fourth-order valence-corrected chi connectivity index (χ4v) is 3.87. The van der Waals surface area contributed by atoms with Crippen molar-refractivity contribution in [1.82, 2.24) is 9.88 Å². The maximum Gasteiger partial charge on any atom is 0.252 e. The van der Waals surface area contributed by atoms with E-state index in [4.69, 9.17) is 19.9 Å². The Bertz CT molecular complexity index is 916. The second-order valence-corrected chi connectivity index (χ2v) is 7.05. The van der Waals surface area contributed by atoms with Crippen LogP contribution in [-0.4, -0.2) is 54.3 Å². The van der Waals surface area contributed by atoms with Crippen molar-refractivity contribution in [3.63, 3.8) is 0 Å². The number of nitrogens with two attached hydrogens (primary N) is 1. The molecule has 2 bridgehead atoms. The summed E-state index contributed by atoms with van der Waals surface area (Å²) in [6.45, 7) is 3.10. The van der Waals surface area contributed by atoms with E-state index in [9.17, 15) is 9.59 Å². The van der Waals surface area contributed by atoms with E-state index >= 15 is 0 Å². The van der Waals surface area contributed by atoms with Crippen LogP contribution < -0.4 is 15.2 Å². The van der Waals surface area contributed by atoms with E-state index in [2.05, 4.69) is 11.9 Å². The molecular weight excluding hydrogens is 362 g/mol. The molecule has 8 nitrogen and oxygen atoms in total. The number of carbonyl (C=O) groups excluding carboxylic acids is 2. The van der Waals surface area contributed by atoms with Crippen molar-refractivity contribution < 1.29 is 23.8 Å². The molecule has 2 aromatic rings. The van der Waals surface area contributed by atoms with E-state index in [1.807, 2.05) is 0 Å². The van der Waals surface area contributed by atoms with Crippen LogP contribution in [-0.2, 0) is 9.53 Å². The van der Waals surface area contributed by atoms with Crippen LogP contribution in [0, 0.1) is 5.92 Å². The number of carbonyl (C=O) groups is 2. The van der Waals surface area contributed by atoms with Crippen LogP contribution in [0.25, 0.3) is 10.8 Å². The summed E-state index contributed by atoms with van der Waals surface area (Å²) in [6, 6.07) is 5.13. The van der Waals surface area contributed by atoms with Crippen molar-refractivity contribution >= 4 is 22.6 Å². The maximum atomic E-state index is 12.4. The van der Waals surface area contributed by atoms with E-state index in [-0.39, 0.29) is 37.8 Å². The van der Waals surface area contributed by atoms with Crippen LogP contribution in [0.4, 0.5) is 0 Å². The first-order valence-electron chi connectivity index (χ1n) is 9.44. The van der Waals surface area contributed by atoms with E-state index in [1.165, 1.54) is 0 Å². The molecule has 4 rings (SSSR count). The monoisotopic (exact) mass is 385 g/mol. The lowest BCUT2D eigenvalue weighted by Crippen LogP contribution is -2.41. The van der Waals surface area contributed by atoms with Gasteiger partial charge in [0.2, 0.25) is 11.8 Å². The van der Waals surface area contributed by atoms with Gasteiger partial charge in [0.25, 0.3) is 5.91 Å². The van der Waals surface area contributed by atoms with Crippen LogP contribution in [0.2, 0.25) is 0 Å². The zero-order valence-corrected chi connectivity index (χ0v) is 15.7. The number of aromatic nitrogens is 1. The highest BCUT2D eigenvalue weighted by molar-refractivity contribution is 6.01. The van der Waals surface area contributed by atoms with Crippen molar-refractivity contribution in [3.8, 4) is 11.6 Å². The molecule has 148 valence electrons. The second-order valence-electron chi connectivity index (χ2n) is 7.05. The van der Waals surface area contributed by atoms with E-state index < -0.39 is 5.91 Å². The molecule has 0 saturated carbocycles. The van der Waals surface area contributed by atoms with Crippen molar-refractivity contribution in [2.45, 2.75) is 25.8 Å². The number of benzene rings is 1. The third-order valence-corrected chi connectivity index (χ3v) is 5.43. The summed E-state index contributed by atoms with van der Waals surface area (Å²) in [4.78, 5) is 30.3. The van der Waals surface area contributed by atoms with Crippen molar-refractivity contribution in [2.75, 3.05) is 26.6 Å². The summed E-state index contributed by atoms with van der Waals surface area (Å²) < 4.78 is 17.4. The molecule has 1 saturated heterocycles. The minimum absolute atomic E-state index is 0.0685. The van der Waals surface area contributed by atoms with Gasteiger partial charge >= 0.3 is 0 Å². The molecular formula is C20H23N3O5. The summed E-state index contributed by atoms with van der Waals surface area (Å²) in [7, 11) is 0. The fourth-order valence-electron chi connectivity index (χ4n) is 3.87. The predicted octanol–water partition coefficient (Wildman–Crippen LogP) is 1.71. The number of hydrogen-bond donors (Lipinski definition) is 1. The Kier molecular flexibility index (Phi) is 5.04. The molecule has 8 heteroatoms. The SMILES string of the molecule is CC[C@@H]1CC(=O)N2COCCOc3cc4c(nccc4cc3C(N)=O)OC[C@H]12. The Morgan fingerprint density at radius 2 is 2.18 bits per heavy atom. The lowest BCUT2D eigenvalue weighted by atomic mass is 9.98. The first-order valence-corrected chi connectivity index (χ1v) is 9.44. The van der Waals surface area contributed by atoms with Crippen LogP contribution >= 0.6 is 0 Å². The second kappa shape index (κ2) is 7.63. The first-order chi connectivity index (χ1) is 13.6. The highest BCUT2D eigenvalue weighted by atomic mass is 16.5. The molecule has 1 fully saturated rings. The van der Waals surface area contributed by atoms with E-state index in [0.717, 1.165) is 17.2 Å². The molecule has 3 heterocycles. The molecule has 1 aromatic heterocycles. The largest absolute Gasteiger partial charge is 0.490 e. The minimum atomic E-state index is -0.571. The average molecular weight is 385 g/mol. The topological polar surface area (TPSA) is 104 Å². The van der Waals surface area contributed by atoms with E-state index in [0.29, 0.717) is 30.2 Å². The lowest BCUT2D eigenvalue weighted by Gasteiger charge is -2.27. The number of fused-ring (bicyclic) bond motifs is 2. The van der Waals surface area contributed by atoms with Gasteiger partial charge in [-0.25, -0.2) is 4.98 Å². The highest BCUT2D eigenvalue weighted by Crippen LogP contribution is 2.33. The zero-order chi connectivity index (χ0) is 19.7. The molecule has 2 N–H and O–H groups in total. The first kappa shape index (κ1) is 18.5. The molecule has 2 aliphatic heterocycles. The smallest absolute Gasteiger partial charge is 0.252 e. The molecule has 0 radical (unpaired) electrons. The Labute approximate surface area is 162 Å². The third kappa shape index (κ3) is 3.35. The molecule has 2 amide bonds. The summed E-state index contributed by atoms with van der Waals surface area (Å²) in [5, 5.41) is 1.51. The molecule has 2 atom stereocenters. The number of rotatable bonds is 2. The summed E-state index contributed by atoms with van der Waals surface area (Å²) in [5.74, 6) is 0.512. The van der Waals surface area contributed by atoms with Crippen LogP contribution in [0.5, 0.6) is 11.6 Å². The standard InChI is InChI=1S/C20H23N3O5/c1-2-12-8-18(24)23-11-26-5-6-27-17-9-14-13(7-15(17)19(21)25)3-4-22-20(14)28-10-16(12)23/h3-4,7,9,12,16H,2,5-6,8,10-11H2,1H3,(H2,21,25)/t12-,16-/m1/s1. The summed E-state index contributed by atoms with van der Waals surface area (Å²) in [6.07, 6.45) is 3.01. The molecule has 0 aliphatic carbocycles. The average Bonchev–Trinajstić information content (AvgIpc) is 3.00. The number of amides is 2. The molecule has 0 spiro atoms. The number of pyridine rings is 1. The third-order valence-electron chi connectivity index (χ3n) is 5.43. The molecule has 1 aromatic carbocycles. The molecule has 28 heavy (non-hydrogen) atoms. The predicted molar refractivity (Wildman–Crippen MR) is 101 cm³/mol. The number of primary amides is 1. The van der Waals surface area contributed by atoms with Gasteiger partial charge in [0.15, 0.2) is 0 Å². The van der Waals surface area contributed by atoms with Crippen molar-refractivity contribution in [1.29, 1.82) is 0 Å². The lowest BCUT2D eigenvalue weighted by molar-refractivity contribution is -0.135. The summed E-state index contributed by atoms with van der Waals surface area (Å²) in [5.41, 5.74) is 5.80. The Morgan fingerprint density at radius 3 is 2.96 bits per heavy atom. The van der Waals surface area contributed by atoms with Crippen LogP contribution in [0.15, 0.2) is 24.4 Å². The highest BCUT2D eigenvalue weighted by Gasteiger charge is 2.39. The van der Waals surface area contributed by atoms with Crippen LogP contribution in [0.3, 0.4) is 0 Å². The van der Waals surface area contributed by atoms with Crippen molar-refractivity contribution in [2.24, 2.45) is 11.7 Å². The van der Waals surface area contributed by atoms with Gasteiger partial charge in [0, 0.05) is 18.0 Å².